The third-order valence-corrected chi connectivity index (χ3v) is 4.05. The fraction of sp³-hybridized carbons (Fsp3) is 0.167. The van der Waals surface area contributed by atoms with Crippen LogP contribution in [0.4, 0.5) is 10.1 Å². The lowest BCUT2D eigenvalue weighted by atomic mass is 10.1. The predicted octanol–water partition coefficient (Wildman–Crippen LogP) is 2.76. The number of halogens is 1. The van der Waals surface area contributed by atoms with Gasteiger partial charge in [-0.2, -0.15) is 0 Å². The Balaban J connectivity index is 1.83. The summed E-state index contributed by atoms with van der Waals surface area (Å²) in [6, 6.07) is 9.44. The van der Waals surface area contributed by atoms with E-state index in [1.807, 2.05) is 0 Å². The van der Waals surface area contributed by atoms with Gasteiger partial charge in [0.1, 0.15) is 11.9 Å². The normalized spacial score (nSPS) is 14.5. The summed E-state index contributed by atoms with van der Waals surface area (Å²) in [7, 11) is 0. The van der Waals surface area contributed by atoms with E-state index in [9.17, 15) is 18.8 Å². The van der Waals surface area contributed by atoms with Crippen LogP contribution >= 0.6 is 0 Å². The highest BCUT2D eigenvalue weighted by molar-refractivity contribution is 6.23. The maximum atomic E-state index is 13.3. The number of aryl methyl sites for hydroxylation is 1. The maximum Gasteiger partial charge on any atom is 0.262 e. The molecule has 1 aliphatic rings. The second-order valence-corrected chi connectivity index (χ2v) is 5.65. The van der Waals surface area contributed by atoms with Gasteiger partial charge in [-0.25, -0.2) is 4.39 Å². The lowest BCUT2D eigenvalue weighted by Crippen LogP contribution is -2.45. The van der Waals surface area contributed by atoms with Crippen molar-refractivity contribution in [3.63, 3.8) is 0 Å². The molecule has 24 heavy (non-hydrogen) atoms. The molecular formula is C18H15FN2O3. The molecule has 0 spiro atoms. The zero-order valence-corrected chi connectivity index (χ0v) is 13.2. The summed E-state index contributed by atoms with van der Waals surface area (Å²) in [4.78, 5) is 38.1. The molecule has 0 saturated carbocycles. The number of hydrogen-bond acceptors (Lipinski definition) is 3. The molecular weight excluding hydrogens is 311 g/mol. The molecule has 1 heterocycles. The quantitative estimate of drug-likeness (QED) is 0.882. The van der Waals surface area contributed by atoms with Gasteiger partial charge in [0.25, 0.3) is 11.8 Å². The summed E-state index contributed by atoms with van der Waals surface area (Å²) < 4.78 is 13.3. The molecule has 1 atom stereocenters. The first kappa shape index (κ1) is 15.9. The maximum absolute atomic E-state index is 13.3. The van der Waals surface area contributed by atoms with Crippen molar-refractivity contribution in [1.29, 1.82) is 0 Å². The largest absolute Gasteiger partial charge is 0.324 e. The van der Waals surface area contributed by atoms with E-state index in [-0.39, 0.29) is 11.1 Å². The Morgan fingerprint density at radius 2 is 1.67 bits per heavy atom. The average molecular weight is 326 g/mol. The molecule has 5 nitrogen and oxygen atoms in total. The van der Waals surface area contributed by atoms with Crippen molar-refractivity contribution in [1.82, 2.24) is 4.90 Å². The van der Waals surface area contributed by atoms with E-state index in [0.717, 1.165) is 4.90 Å². The summed E-state index contributed by atoms with van der Waals surface area (Å²) in [5.74, 6) is -2.05. The van der Waals surface area contributed by atoms with Crippen LogP contribution in [0.1, 0.15) is 33.2 Å². The van der Waals surface area contributed by atoms with Crippen molar-refractivity contribution >= 4 is 23.4 Å². The van der Waals surface area contributed by atoms with Gasteiger partial charge in [-0.1, -0.05) is 18.2 Å². The molecule has 0 saturated heterocycles. The van der Waals surface area contributed by atoms with Crippen molar-refractivity contribution in [3.05, 3.63) is 65.0 Å². The molecule has 122 valence electrons. The Morgan fingerprint density at radius 3 is 2.25 bits per heavy atom. The fourth-order valence-corrected chi connectivity index (χ4v) is 2.64. The highest BCUT2D eigenvalue weighted by Gasteiger charge is 2.40. The van der Waals surface area contributed by atoms with Crippen LogP contribution in [0.5, 0.6) is 0 Å². The Hall–Kier alpha value is -3.02. The third-order valence-electron chi connectivity index (χ3n) is 4.05. The SMILES string of the molecule is Cc1ccc(F)cc1NC(=O)[C@@H](C)N1C(=O)c2ccccc2C1=O. The van der Waals surface area contributed by atoms with E-state index < -0.39 is 29.6 Å². The molecule has 0 bridgehead atoms. The highest BCUT2D eigenvalue weighted by atomic mass is 19.1. The van der Waals surface area contributed by atoms with Crippen LogP contribution in [0.25, 0.3) is 0 Å². The Bertz CT molecular complexity index is 828. The van der Waals surface area contributed by atoms with Crippen molar-refractivity contribution in [2.45, 2.75) is 19.9 Å². The molecule has 1 N–H and O–H groups in total. The number of nitrogens with zero attached hydrogens (tertiary/aromatic N) is 1. The molecule has 0 fully saturated rings. The fourth-order valence-electron chi connectivity index (χ4n) is 2.64. The number of hydrogen-bond donors (Lipinski definition) is 1. The minimum absolute atomic E-state index is 0.282. The topological polar surface area (TPSA) is 66.5 Å². The molecule has 0 aliphatic carbocycles. The van der Waals surface area contributed by atoms with Crippen molar-refractivity contribution in [3.8, 4) is 0 Å². The summed E-state index contributed by atoms with van der Waals surface area (Å²) in [6.07, 6.45) is 0. The Kier molecular flexibility index (Phi) is 3.89. The number of carbonyl (C=O) groups excluding carboxylic acids is 3. The van der Waals surface area contributed by atoms with E-state index in [1.54, 1.807) is 31.2 Å². The van der Waals surface area contributed by atoms with Gasteiger partial charge in [-0.3, -0.25) is 19.3 Å². The van der Waals surface area contributed by atoms with Crippen molar-refractivity contribution in [2.75, 3.05) is 5.32 Å². The number of nitrogens with one attached hydrogen (secondary N) is 1. The van der Waals surface area contributed by atoms with E-state index in [0.29, 0.717) is 11.3 Å². The predicted molar refractivity (Wildman–Crippen MR) is 86.2 cm³/mol. The van der Waals surface area contributed by atoms with Crippen LogP contribution in [0, 0.1) is 12.7 Å². The minimum Gasteiger partial charge on any atom is -0.324 e. The first-order chi connectivity index (χ1) is 11.4. The molecule has 1 aliphatic heterocycles. The van der Waals surface area contributed by atoms with Gasteiger partial charge in [-0.15, -0.1) is 0 Å². The van der Waals surface area contributed by atoms with Crippen LogP contribution in [0.2, 0.25) is 0 Å². The number of fused-ring (bicyclic) bond motifs is 1. The van der Waals surface area contributed by atoms with Gasteiger partial charge < -0.3 is 5.32 Å². The molecule has 0 unspecified atom stereocenters. The standard InChI is InChI=1S/C18H15FN2O3/c1-10-7-8-12(19)9-15(10)20-16(22)11(2)21-17(23)13-5-3-4-6-14(13)18(21)24/h3-9,11H,1-2H3,(H,20,22)/t11-/m1/s1. The monoisotopic (exact) mass is 326 g/mol. The number of imide groups is 1. The number of carbonyl (C=O) groups is 3. The molecule has 3 rings (SSSR count). The van der Waals surface area contributed by atoms with Crippen LogP contribution in [-0.2, 0) is 4.79 Å². The third kappa shape index (κ3) is 2.56. The van der Waals surface area contributed by atoms with Crippen LogP contribution in [-0.4, -0.2) is 28.7 Å². The molecule has 2 aromatic rings. The van der Waals surface area contributed by atoms with E-state index in [4.69, 9.17) is 0 Å². The number of benzene rings is 2. The van der Waals surface area contributed by atoms with Gasteiger partial charge in [0.15, 0.2) is 0 Å². The van der Waals surface area contributed by atoms with Gasteiger partial charge in [0.2, 0.25) is 5.91 Å². The smallest absolute Gasteiger partial charge is 0.262 e. The van der Waals surface area contributed by atoms with E-state index >= 15 is 0 Å². The van der Waals surface area contributed by atoms with Gasteiger partial charge in [0, 0.05) is 5.69 Å². The molecule has 3 amide bonds. The van der Waals surface area contributed by atoms with Crippen LogP contribution in [0.15, 0.2) is 42.5 Å². The van der Waals surface area contributed by atoms with Crippen LogP contribution in [0.3, 0.4) is 0 Å². The molecule has 0 radical (unpaired) electrons. The van der Waals surface area contributed by atoms with Gasteiger partial charge in [-0.05, 0) is 43.7 Å². The average Bonchev–Trinajstić information content (AvgIpc) is 2.82. The second-order valence-electron chi connectivity index (χ2n) is 5.65. The zero-order valence-electron chi connectivity index (χ0n) is 13.2. The number of rotatable bonds is 3. The zero-order chi connectivity index (χ0) is 17.4. The van der Waals surface area contributed by atoms with Gasteiger partial charge in [0.05, 0.1) is 11.1 Å². The van der Waals surface area contributed by atoms with E-state index in [1.165, 1.54) is 25.1 Å². The minimum atomic E-state index is -1.01. The molecule has 6 heteroatoms. The lowest BCUT2D eigenvalue weighted by molar-refractivity contribution is -0.119. The Labute approximate surface area is 138 Å². The second kappa shape index (κ2) is 5.88. The first-order valence-corrected chi connectivity index (χ1v) is 7.44. The molecule has 2 aromatic carbocycles. The van der Waals surface area contributed by atoms with Crippen molar-refractivity contribution < 1.29 is 18.8 Å². The number of amides is 3. The van der Waals surface area contributed by atoms with Crippen molar-refractivity contribution in [2.24, 2.45) is 0 Å². The van der Waals surface area contributed by atoms with Gasteiger partial charge >= 0.3 is 0 Å². The first-order valence-electron chi connectivity index (χ1n) is 7.44. The lowest BCUT2D eigenvalue weighted by Gasteiger charge is -2.22. The summed E-state index contributed by atoms with van der Waals surface area (Å²) in [5.41, 5.74) is 1.55. The summed E-state index contributed by atoms with van der Waals surface area (Å²) in [5, 5.41) is 2.57. The molecule has 0 aromatic heterocycles. The highest BCUT2D eigenvalue weighted by Crippen LogP contribution is 2.25. The number of anilines is 1. The Morgan fingerprint density at radius 1 is 1.08 bits per heavy atom. The van der Waals surface area contributed by atoms with E-state index in [2.05, 4.69) is 5.32 Å². The summed E-state index contributed by atoms with van der Waals surface area (Å²) >= 11 is 0. The summed E-state index contributed by atoms with van der Waals surface area (Å²) in [6.45, 7) is 3.19. The van der Waals surface area contributed by atoms with Crippen LogP contribution < -0.4 is 5.32 Å².